The van der Waals surface area contributed by atoms with Gasteiger partial charge in [0.2, 0.25) is 0 Å². The molecule has 0 aromatic rings. The third-order valence-corrected chi connectivity index (χ3v) is 12.2. The summed E-state index contributed by atoms with van der Waals surface area (Å²) in [4.78, 5) is 0. The number of hydrogen-bond acceptors (Lipinski definition) is 4. The second-order valence-corrected chi connectivity index (χ2v) is 15.0. The first-order valence-corrected chi connectivity index (χ1v) is 12.4. The summed E-state index contributed by atoms with van der Waals surface area (Å²) < 4.78 is 29.0. The maximum atomic E-state index is 12.4. The van der Waals surface area contributed by atoms with Crippen LogP contribution in [0.3, 0.4) is 0 Å². The van der Waals surface area contributed by atoms with Crippen molar-refractivity contribution in [3.05, 3.63) is 0 Å². The Balaban J connectivity index is 2.46. The Morgan fingerprint density at radius 1 is 1.05 bits per heavy atom. The normalized spacial score (nSPS) is 25.1. The van der Waals surface area contributed by atoms with E-state index in [2.05, 4.69) is 33.9 Å². The number of rotatable bonds is 6. The minimum absolute atomic E-state index is 0.0524. The molecular weight excluding hydrogens is 303 g/mol. The molecule has 0 aromatic carbocycles. The average Bonchev–Trinajstić information content (AvgIpc) is 2.43. The third kappa shape index (κ3) is 4.90. The van der Waals surface area contributed by atoms with Gasteiger partial charge in [0, 0.05) is 20.8 Å². The van der Waals surface area contributed by atoms with Crippen LogP contribution in [0.2, 0.25) is 18.1 Å². The summed E-state index contributed by atoms with van der Waals surface area (Å²) in [7, 11) is -1.59. The predicted octanol–water partition coefficient (Wildman–Crippen LogP) is 5.05. The molecule has 0 saturated heterocycles. The van der Waals surface area contributed by atoms with Gasteiger partial charge in [0.25, 0.3) is 0 Å². The van der Waals surface area contributed by atoms with Crippen LogP contribution in [0.4, 0.5) is 0 Å². The lowest BCUT2D eigenvalue weighted by molar-refractivity contribution is 0.184. The summed E-state index contributed by atoms with van der Waals surface area (Å²) in [6.07, 6.45) is 3.92. The van der Waals surface area contributed by atoms with E-state index in [-0.39, 0.29) is 10.7 Å². The van der Waals surface area contributed by atoms with E-state index in [0.29, 0.717) is 5.92 Å². The van der Waals surface area contributed by atoms with Gasteiger partial charge < -0.3 is 13.5 Å². The maximum absolute atomic E-state index is 12.4. The molecular formula is C15H33O4PSi. The van der Waals surface area contributed by atoms with Gasteiger partial charge >= 0.3 is 7.60 Å². The smallest absolute Gasteiger partial charge is 0.333 e. The molecule has 1 rings (SSSR count). The van der Waals surface area contributed by atoms with Crippen LogP contribution < -0.4 is 0 Å². The number of hydrogen-bond donors (Lipinski definition) is 0. The standard InChI is InChI=1S/C15H33O4PSi/c1-15(2,3)21(6,7)19-12-13-8-10-14(11-9-13)20(16,17-4)18-5/h13-14H,8-12H2,1-7H3. The molecule has 0 atom stereocenters. The minimum Gasteiger partial charge on any atom is -0.417 e. The first-order chi connectivity index (χ1) is 9.55. The Labute approximate surface area is 131 Å². The lowest BCUT2D eigenvalue weighted by Gasteiger charge is -2.38. The van der Waals surface area contributed by atoms with Gasteiger partial charge in [0.1, 0.15) is 0 Å². The van der Waals surface area contributed by atoms with Crippen LogP contribution in [-0.2, 0) is 18.0 Å². The van der Waals surface area contributed by atoms with Crippen molar-refractivity contribution in [3.8, 4) is 0 Å². The van der Waals surface area contributed by atoms with Crippen molar-refractivity contribution < 1.29 is 18.0 Å². The molecule has 0 bridgehead atoms. The highest BCUT2D eigenvalue weighted by atomic mass is 31.2. The Morgan fingerprint density at radius 2 is 1.52 bits per heavy atom. The van der Waals surface area contributed by atoms with Crippen LogP contribution in [0.5, 0.6) is 0 Å². The molecule has 1 fully saturated rings. The van der Waals surface area contributed by atoms with Crippen molar-refractivity contribution in [2.75, 3.05) is 20.8 Å². The minimum atomic E-state index is -2.89. The van der Waals surface area contributed by atoms with Crippen molar-refractivity contribution in [1.82, 2.24) is 0 Å². The molecule has 1 aliphatic carbocycles. The second-order valence-electron chi connectivity index (χ2n) is 7.65. The van der Waals surface area contributed by atoms with Gasteiger partial charge in [-0.15, -0.1) is 0 Å². The molecule has 0 unspecified atom stereocenters. The Bertz CT molecular complexity index is 362. The van der Waals surface area contributed by atoms with Gasteiger partial charge in [-0.3, -0.25) is 4.57 Å². The monoisotopic (exact) mass is 336 g/mol. The largest absolute Gasteiger partial charge is 0.417 e. The highest BCUT2D eigenvalue weighted by Gasteiger charge is 2.40. The molecule has 126 valence electrons. The fourth-order valence-corrected chi connectivity index (χ4v) is 5.30. The summed E-state index contributed by atoms with van der Waals surface area (Å²) >= 11 is 0. The van der Waals surface area contributed by atoms with Crippen molar-refractivity contribution in [1.29, 1.82) is 0 Å². The second kappa shape index (κ2) is 7.27. The van der Waals surface area contributed by atoms with Crippen LogP contribution in [0, 0.1) is 5.92 Å². The molecule has 1 saturated carbocycles. The first kappa shape index (κ1) is 19.4. The van der Waals surface area contributed by atoms with E-state index >= 15 is 0 Å². The van der Waals surface area contributed by atoms with Crippen LogP contribution in [-0.4, -0.2) is 34.8 Å². The molecule has 0 heterocycles. The highest BCUT2D eigenvalue weighted by Crippen LogP contribution is 2.56. The van der Waals surface area contributed by atoms with Crippen LogP contribution >= 0.6 is 7.60 Å². The zero-order chi connectivity index (χ0) is 16.3. The van der Waals surface area contributed by atoms with Crippen molar-refractivity contribution in [3.63, 3.8) is 0 Å². The fourth-order valence-electron chi connectivity index (χ4n) is 2.54. The van der Waals surface area contributed by atoms with E-state index in [1.807, 2.05) is 0 Å². The molecule has 4 nitrogen and oxygen atoms in total. The summed E-state index contributed by atoms with van der Waals surface area (Å²) in [5, 5.41) is 0.256. The van der Waals surface area contributed by atoms with Gasteiger partial charge in [-0.05, 0) is 49.7 Å². The zero-order valence-electron chi connectivity index (χ0n) is 14.8. The van der Waals surface area contributed by atoms with Gasteiger partial charge in [0.05, 0.1) is 5.66 Å². The maximum Gasteiger partial charge on any atom is 0.333 e. The summed E-state index contributed by atoms with van der Waals surface area (Å²) in [5.74, 6) is 0.581. The van der Waals surface area contributed by atoms with Crippen LogP contribution in [0.1, 0.15) is 46.5 Å². The molecule has 0 N–H and O–H groups in total. The van der Waals surface area contributed by atoms with Gasteiger partial charge in [0.15, 0.2) is 8.32 Å². The molecule has 0 radical (unpaired) electrons. The van der Waals surface area contributed by atoms with Crippen molar-refractivity contribution in [2.45, 2.75) is 70.2 Å². The Kier molecular flexibility index (Phi) is 6.70. The molecule has 21 heavy (non-hydrogen) atoms. The van der Waals surface area contributed by atoms with Crippen LogP contribution in [0.25, 0.3) is 0 Å². The Hall–Kier alpha value is 0.327. The molecule has 6 heteroatoms. The van der Waals surface area contributed by atoms with E-state index in [1.165, 1.54) is 14.2 Å². The van der Waals surface area contributed by atoms with E-state index in [9.17, 15) is 4.57 Å². The van der Waals surface area contributed by atoms with Crippen LogP contribution in [0.15, 0.2) is 0 Å². The third-order valence-electron chi connectivity index (χ3n) is 5.26. The summed E-state index contributed by atoms with van der Waals surface area (Å²) in [5.41, 5.74) is 0.0524. The quantitative estimate of drug-likeness (QED) is 0.503. The lowest BCUT2D eigenvalue weighted by atomic mass is 9.90. The summed E-state index contributed by atoms with van der Waals surface area (Å²) in [6.45, 7) is 12.2. The first-order valence-electron chi connectivity index (χ1n) is 7.91. The van der Waals surface area contributed by atoms with Crippen molar-refractivity contribution >= 4 is 15.9 Å². The Morgan fingerprint density at radius 3 is 1.90 bits per heavy atom. The zero-order valence-corrected chi connectivity index (χ0v) is 16.7. The molecule has 0 spiro atoms. The average molecular weight is 336 g/mol. The van der Waals surface area contributed by atoms with E-state index < -0.39 is 15.9 Å². The van der Waals surface area contributed by atoms with Gasteiger partial charge in [-0.2, -0.15) is 0 Å². The molecule has 0 amide bonds. The highest BCUT2D eigenvalue weighted by molar-refractivity contribution is 7.54. The molecule has 0 aromatic heterocycles. The van der Waals surface area contributed by atoms with E-state index in [0.717, 1.165) is 32.3 Å². The van der Waals surface area contributed by atoms with E-state index in [1.54, 1.807) is 0 Å². The molecule has 0 aliphatic heterocycles. The SMILES string of the molecule is COP(=O)(OC)C1CCC(CO[Si](C)(C)C(C)(C)C)CC1. The predicted molar refractivity (Wildman–Crippen MR) is 90.5 cm³/mol. The van der Waals surface area contributed by atoms with Crippen molar-refractivity contribution in [2.24, 2.45) is 5.92 Å². The summed E-state index contributed by atoms with van der Waals surface area (Å²) in [6, 6.07) is 0. The lowest BCUT2D eigenvalue weighted by Crippen LogP contribution is -2.42. The van der Waals surface area contributed by atoms with Gasteiger partial charge in [-0.25, -0.2) is 0 Å². The topological polar surface area (TPSA) is 44.8 Å². The van der Waals surface area contributed by atoms with Gasteiger partial charge in [-0.1, -0.05) is 20.8 Å². The fraction of sp³-hybridized carbons (Fsp3) is 1.00. The molecule has 1 aliphatic rings. The van der Waals surface area contributed by atoms with E-state index in [4.69, 9.17) is 13.5 Å².